The Bertz CT molecular complexity index is 4280. The van der Waals surface area contributed by atoms with Gasteiger partial charge in [-0.2, -0.15) is 0 Å². The van der Waals surface area contributed by atoms with Crippen LogP contribution >= 0.6 is 92.8 Å². The van der Waals surface area contributed by atoms with Crippen LogP contribution in [0, 0.1) is 5.92 Å². The van der Waals surface area contributed by atoms with E-state index >= 15 is 0 Å². The third-order valence-electron chi connectivity index (χ3n) is 18.0. The van der Waals surface area contributed by atoms with Gasteiger partial charge in [0.2, 0.25) is 10.7 Å². The van der Waals surface area contributed by atoms with E-state index in [0.29, 0.717) is 51.3 Å². The quantitative estimate of drug-likeness (QED) is 0.0703. The van der Waals surface area contributed by atoms with Crippen LogP contribution in [-0.2, 0) is 25.7 Å². The van der Waals surface area contributed by atoms with Gasteiger partial charge in [0.15, 0.2) is 5.54 Å². The average molecular weight is 1260 g/mol. The molecule has 0 fully saturated rings. The van der Waals surface area contributed by atoms with E-state index < -0.39 is 17.5 Å². The van der Waals surface area contributed by atoms with Gasteiger partial charge in [0.05, 0.1) is 63.4 Å². The number of anilines is 2. The predicted octanol–water partition coefficient (Wildman–Crippen LogP) is 15.4. The van der Waals surface area contributed by atoms with Crippen LogP contribution in [0.15, 0.2) is 53.0 Å². The first-order chi connectivity index (χ1) is 39.2. The summed E-state index contributed by atoms with van der Waals surface area (Å²) in [6.07, 6.45) is 11.2. The molecular weight excluding hydrogens is 1200 g/mol. The summed E-state index contributed by atoms with van der Waals surface area (Å²) in [7, 11) is 3.92. The molecule has 0 amide bonds. The number of fused-ring (bicyclic) bond motifs is 7. The largest absolute Gasteiger partial charge is 0.478 e. The number of carboxylic acids is 2. The van der Waals surface area contributed by atoms with Gasteiger partial charge in [0.25, 0.3) is 0 Å². The maximum Gasteiger partial charge on any atom is 0.337 e. The molecule has 2 atom stereocenters. The zero-order chi connectivity index (χ0) is 57.7. The van der Waals surface area contributed by atoms with Crippen LogP contribution in [0.2, 0.25) is 40.2 Å². The summed E-state index contributed by atoms with van der Waals surface area (Å²) in [5, 5.41) is 24.4. The molecular formula is C64H56Cl8N4O6+2. The van der Waals surface area contributed by atoms with Crippen LogP contribution in [0.1, 0.15) is 119 Å². The number of likely N-dealkylation sites (N-methyl/N-ethyl adjacent to an activating group) is 1. The number of aryl methyl sites for hydroxylation is 3. The van der Waals surface area contributed by atoms with Crippen molar-refractivity contribution in [1.29, 1.82) is 0 Å². The Hall–Kier alpha value is -5.14. The summed E-state index contributed by atoms with van der Waals surface area (Å²) in [6.45, 7) is 11.0. The van der Waals surface area contributed by atoms with Crippen LogP contribution in [0.25, 0.3) is 44.6 Å². The van der Waals surface area contributed by atoms with Crippen molar-refractivity contribution >= 4 is 138 Å². The van der Waals surface area contributed by atoms with E-state index in [0.717, 1.165) is 140 Å². The molecule has 8 aliphatic rings. The van der Waals surface area contributed by atoms with Crippen molar-refractivity contribution in [3.63, 3.8) is 0 Å². The second-order valence-corrected chi connectivity index (χ2v) is 26.2. The van der Waals surface area contributed by atoms with Crippen molar-refractivity contribution < 1.29 is 29.0 Å². The van der Waals surface area contributed by atoms with E-state index in [4.69, 9.17) is 102 Å². The number of hydrogen-bond donors (Lipinski definition) is 2. The number of nitrogens with zero attached hydrogens (tertiary/aromatic N) is 4. The number of aromatic carboxylic acids is 2. The smallest absolute Gasteiger partial charge is 0.337 e. The minimum atomic E-state index is -1.29. The van der Waals surface area contributed by atoms with Crippen LogP contribution in [0.3, 0.4) is 0 Å². The van der Waals surface area contributed by atoms with Crippen molar-refractivity contribution in [2.75, 3.05) is 56.6 Å². The van der Waals surface area contributed by atoms with E-state index in [2.05, 4.69) is 65.5 Å². The highest BCUT2D eigenvalue weighted by molar-refractivity contribution is 6.55. The summed E-state index contributed by atoms with van der Waals surface area (Å²) >= 11 is 54.9. The Kier molecular flexibility index (Phi) is 14.2. The van der Waals surface area contributed by atoms with Gasteiger partial charge in [0.1, 0.15) is 43.5 Å². The van der Waals surface area contributed by atoms with Gasteiger partial charge in [-0.05, 0) is 125 Å². The highest BCUT2D eigenvalue weighted by atomic mass is 35.5. The number of rotatable bonds is 7. The van der Waals surface area contributed by atoms with Gasteiger partial charge in [-0.1, -0.05) is 92.8 Å². The van der Waals surface area contributed by atoms with Crippen molar-refractivity contribution in [3.05, 3.63) is 155 Å². The highest BCUT2D eigenvalue weighted by Gasteiger charge is 2.44. The first kappa shape index (κ1) is 56.0. The molecule has 0 saturated carbocycles. The number of ether oxygens (including phenoxy) is 1. The minimum Gasteiger partial charge on any atom is -0.478 e. The van der Waals surface area contributed by atoms with E-state index in [9.17, 15) is 19.8 Å². The van der Waals surface area contributed by atoms with Gasteiger partial charge in [-0.3, -0.25) is 0 Å². The first-order valence-electron chi connectivity index (χ1n) is 27.9. The molecule has 0 spiro atoms. The molecule has 18 heteroatoms. The lowest BCUT2D eigenvalue weighted by atomic mass is 9.80. The van der Waals surface area contributed by atoms with Crippen molar-refractivity contribution in [3.8, 4) is 33.9 Å². The van der Waals surface area contributed by atoms with Gasteiger partial charge in [-0.25, -0.2) is 18.7 Å². The van der Waals surface area contributed by atoms with E-state index in [1.165, 1.54) is 16.9 Å². The molecule has 82 heavy (non-hydrogen) atoms. The van der Waals surface area contributed by atoms with Gasteiger partial charge in [0, 0.05) is 118 Å². The molecule has 0 bridgehead atoms. The Labute approximate surface area is 514 Å². The second kappa shape index (κ2) is 20.8. The lowest BCUT2D eigenvalue weighted by molar-refractivity contribution is 0.0686. The topological polar surface area (TPSA) is 109 Å². The molecule has 0 aromatic heterocycles. The minimum absolute atomic E-state index is 0.00560. The molecule has 0 radical (unpaired) electrons. The Morgan fingerprint density at radius 2 is 1.33 bits per heavy atom. The SMILES string of the molecule is CC[N+]1=c2cc3c(cc2C(C)=CC1(C)CC1CCc2cc4c(-c5c(Cl)c(Cl)c(Cl)c(Cl)c5C(=O)O)c5ccc(=[N+](C)C)cc-5oc4c4c2N(CCC4)C1)=C(c1c(Cl)c(Cl)c(Cl)c(Cl)c1C(=O)O)c1cc2c4c(c1O3)CCCN4CCCC2. The monoisotopic (exact) mass is 1260 g/mol. The number of carbonyl (C=O) groups is 2. The fourth-order valence-electron chi connectivity index (χ4n) is 14.7. The molecule has 13 rings (SSSR count). The van der Waals surface area contributed by atoms with Crippen LogP contribution in [0.5, 0.6) is 11.5 Å². The molecule has 10 nitrogen and oxygen atoms in total. The molecule has 422 valence electrons. The van der Waals surface area contributed by atoms with Crippen molar-refractivity contribution in [2.24, 2.45) is 5.92 Å². The van der Waals surface area contributed by atoms with Crippen molar-refractivity contribution in [2.45, 2.75) is 90.5 Å². The number of carboxylic acid groups (broad SMARTS) is 2. The number of benzene rings is 6. The van der Waals surface area contributed by atoms with E-state index in [1.54, 1.807) is 0 Å². The lowest BCUT2D eigenvalue weighted by Gasteiger charge is -2.36. The summed E-state index contributed by atoms with van der Waals surface area (Å²) in [6, 6.07) is 14.5. The Balaban J connectivity index is 0.966. The Morgan fingerprint density at radius 1 is 0.695 bits per heavy atom. The number of hydrogen-bond acceptors (Lipinski definition) is 6. The molecule has 7 aliphatic heterocycles. The average Bonchev–Trinajstić information content (AvgIpc) is 3.91. The van der Waals surface area contributed by atoms with E-state index in [1.807, 2.05) is 36.9 Å². The fraction of sp³-hybridized carbons (Fsp3) is 0.344. The van der Waals surface area contributed by atoms with Crippen LogP contribution < -0.4 is 39.6 Å². The summed E-state index contributed by atoms with van der Waals surface area (Å²) in [5.74, 6) is -0.493. The summed E-state index contributed by atoms with van der Waals surface area (Å²) < 4.78 is 18.8. The molecule has 7 heterocycles. The molecule has 0 saturated heterocycles. The first-order valence-corrected chi connectivity index (χ1v) is 30.9. The maximum atomic E-state index is 13.4. The molecule has 2 N–H and O–H groups in total. The predicted molar refractivity (Wildman–Crippen MR) is 334 cm³/mol. The molecule has 5 aromatic rings. The van der Waals surface area contributed by atoms with Crippen molar-refractivity contribution in [1.82, 2.24) is 9.15 Å². The van der Waals surface area contributed by atoms with Gasteiger partial charge in [-0.15, -0.1) is 0 Å². The number of halogens is 8. The number of allylic oxidation sites excluding steroid dienone is 1. The molecule has 2 unspecified atom stereocenters. The van der Waals surface area contributed by atoms with Crippen LogP contribution in [0.4, 0.5) is 11.4 Å². The second-order valence-electron chi connectivity index (χ2n) is 23.1. The Morgan fingerprint density at radius 3 is 2.02 bits per heavy atom. The third kappa shape index (κ3) is 8.60. The van der Waals surface area contributed by atoms with Gasteiger partial charge >= 0.3 is 11.9 Å². The summed E-state index contributed by atoms with van der Waals surface area (Å²) in [5.41, 5.74) is 11.7. The summed E-state index contributed by atoms with van der Waals surface area (Å²) in [4.78, 5) is 31.7. The molecule has 1 aliphatic carbocycles. The molecule has 5 aromatic carbocycles. The van der Waals surface area contributed by atoms with Crippen LogP contribution in [-0.4, -0.2) is 74.5 Å². The zero-order valence-electron chi connectivity index (χ0n) is 45.6. The normalized spacial score (nSPS) is 18.9. The highest BCUT2D eigenvalue weighted by Crippen LogP contribution is 2.55. The lowest BCUT2D eigenvalue weighted by Crippen LogP contribution is -2.52. The standard InChI is InChI=1S/C64H54Cl8N4O6/c1-6-76-41-25-43-38(45(47-49(63(79)80)53(68)57(72)55(70)51(47)66)40-21-31-11-7-8-18-74-19-9-12-35(58(31)74)60(40)82-43)24-37(41)29(2)26-64(76,3)27-30-14-15-32-22-39-44(46-48(62(77)78)52(67)56(71)54(69)50(46)65)34-17-16-33(73(4)5)23-42(34)81-61(39)36-13-10-20-75(28-30)59(32)36/h16-17,21-26,30H,6-15,18-20,27-28H2,1-5H3/p+2. The van der Waals surface area contributed by atoms with Gasteiger partial charge < -0.3 is 29.2 Å². The van der Waals surface area contributed by atoms with E-state index in [-0.39, 0.29) is 68.4 Å². The maximum absolute atomic E-state index is 13.4. The zero-order valence-corrected chi connectivity index (χ0v) is 51.7. The fourth-order valence-corrected chi connectivity index (χ4v) is 16.7. The third-order valence-corrected chi connectivity index (χ3v) is 21.6.